The summed E-state index contributed by atoms with van der Waals surface area (Å²) in [6.07, 6.45) is 0. The van der Waals surface area contributed by atoms with E-state index in [9.17, 15) is 4.79 Å². The van der Waals surface area contributed by atoms with Crippen LogP contribution in [0.15, 0.2) is 40.9 Å². The van der Waals surface area contributed by atoms with E-state index in [1.165, 1.54) is 0 Å². The largest absolute Gasteiger partial charge is 0.496 e. The first-order chi connectivity index (χ1) is 9.51. The third-order valence-corrected chi connectivity index (χ3v) is 3.52. The Labute approximate surface area is 130 Å². The van der Waals surface area contributed by atoms with Gasteiger partial charge in [0.2, 0.25) is 0 Å². The lowest BCUT2D eigenvalue weighted by Crippen LogP contribution is -2.14. The number of rotatable bonds is 3. The molecule has 0 aliphatic carbocycles. The van der Waals surface area contributed by atoms with Crippen molar-refractivity contribution >= 4 is 44.8 Å². The number of ether oxygens (including phenoxy) is 1. The van der Waals surface area contributed by atoms with Gasteiger partial charge in [0.15, 0.2) is 0 Å². The van der Waals surface area contributed by atoms with Crippen LogP contribution in [-0.4, -0.2) is 13.0 Å². The van der Waals surface area contributed by atoms with Crippen molar-refractivity contribution in [2.24, 2.45) is 0 Å². The van der Waals surface area contributed by atoms with E-state index in [-0.39, 0.29) is 5.91 Å². The van der Waals surface area contributed by atoms with E-state index in [1.54, 1.807) is 43.5 Å². The zero-order chi connectivity index (χ0) is 14.7. The molecule has 0 heterocycles. The highest BCUT2D eigenvalue weighted by molar-refractivity contribution is 9.10. The molecule has 0 aliphatic rings. The maximum absolute atomic E-state index is 12.1. The van der Waals surface area contributed by atoms with Gasteiger partial charge in [0.05, 0.1) is 17.1 Å². The van der Waals surface area contributed by atoms with Crippen molar-refractivity contribution in [3.63, 3.8) is 0 Å². The van der Waals surface area contributed by atoms with Gasteiger partial charge in [-0.3, -0.25) is 4.79 Å². The molecule has 0 saturated carbocycles. The van der Waals surface area contributed by atoms with E-state index in [1.807, 2.05) is 0 Å². The smallest absolute Gasteiger partial charge is 0.257 e. The van der Waals surface area contributed by atoms with Gasteiger partial charge in [0, 0.05) is 16.4 Å². The Bertz CT molecular complexity index is 662. The number of carbonyl (C=O) groups is 1. The second kappa shape index (κ2) is 6.15. The third kappa shape index (κ3) is 3.23. The van der Waals surface area contributed by atoms with E-state index < -0.39 is 0 Å². The van der Waals surface area contributed by atoms with Gasteiger partial charge in [-0.05, 0) is 52.3 Å². The van der Waals surface area contributed by atoms with Crippen molar-refractivity contribution < 1.29 is 9.53 Å². The molecule has 0 saturated heterocycles. The lowest BCUT2D eigenvalue weighted by atomic mass is 10.1. The molecule has 0 aliphatic heterocycles. The molecule has 3 N–H and O–H groups in total. The fourth-order valence-electron chi connectivity index (χ4n) is 1.68. The summed E-state index contributed by atoms with van der Waals surface area (Å²) < 4.78 is 5.88. The maximum Gasteiger partial charge on any atom is 0.257 e. The van der Waals surface area contributed by atoms with Crippen LogP contribution in [0.25, 0.3) is 0 Å². The predicted octanol–water partition coefficient (Wildman–Crippen LogP) is 3.95. The van der Waals surface area contributed by atoms with Crippen LogP contribution in [0, 0.1) is 0 Å². The quantitative estimate of drug-likeness (QED) is 0.820. The summed E-state index contributed by atoms with van der Waals surface area (Å²) in [4.78, 5) is 12.1. The number of nitrogens with two attached hydrogens (primary N) is 1. The van der Waals surface area contributed by atoms with Crippen LogP contribution in [-0.2, 0) is 0 Å². The summed E-state index contributed by atoms with van der Waals surface area (Å²) in [5, 5.41) is 3.25. The van der Waals surface area contributed by atoms with E-state index in [4.69, 9.17) is 22.1 Å². The van der Waals surface area contributed by atoms with Gasteiger partial charge in [0.25, 0.3) is 5.91 Å². The summed E-state index contributed by atoms with van der Waals surface area (Å²) in [7, 11) is 1.58. The van der Waals surface area contributed by atoms with Crippen LogP contribution in [0.5, 0.6) is 5.75 Å². The molecule has 2 rings (SSSR count). The summed E-state index contributed by atoms with van der Waals surface area (Å²) in [5.41, 5.74) is 7.13. The van der Waals surface area contributed by atoms with Crippen molar-refractivity contribution in [3.05, 3.63) is 51.5 Å². The fourth-order valence-corrected chi connectivity index (χ4v) is 2.40. The number of halogens is 2. The Morgan fingerprint density at radius 3 is 2.65 bits per heavy atom. The molecule has 2 aromatic rings. The lowest BCUT2D eigenvalue weighted by Gasteiger charge is -2.09. The van der Waals surface area contributed by atoms with Crippen molar-refractivity contribution in [1.82, 2.24) is 0 Å². The average molecular weight is 356 g/mol. The Kier molecular flexibility index (Phi) is 4.52. The Balaban J connectivity index is 2.21. The maximum atomic E-state index is 12.1. The number of anilines is 2. The average Bonchev–Trinajstić information content (AvgIpc) is 2.38. The molecular formula is C14H12BrClN2O2. The lowest BCUT2D eigenvalue weighted by molar-refractivity contribution is 0.102. The first kappa shape index (κ1) is 14.7. The number of carbonyl (C=O) groups excluding carboxylic acids is 1. The Morgan fingerprint density at radius 2 is 2.05 bits per heavy atom. The molecule has 6 heteroatoms. The van der Waals surface area contributed by atoms with Crippen molar-refractivity contribution in [2.75, 3.05) is 18.2 Å². The van der Waals surface area contributed by atoms with Crippen LogP contribution in [0.2, 0.25) is 5.02 Å². The van der Waals surface area contributed by atoms with Crippen molar-refractivity contribution in [3.8, 4) is 5.75 Å². The first-order valence-corrected chi connectivity index (χ1v) is 6.88. The molecule has 1 amide bonds. The molecule has 104 valence electrons. The number of hydrogen-bond donors (Lipinski definition) is 2. The highest BCUT2D eigenvalue weighted by Crippen LogP contribution is 2.28. The monoisotopic (exact) mass is 354 g/mol. The molecule has 0 bridgehead atoms. The van der Waals surface area contributed by atoms with E-state index in [0.717, 1.165) is 4.47 Å². The molecule has 0 spiro atoms. The van der Waals surface area contributed by atoms with Crippen LogP contribution in [0.4, 0.5) is 11.4 Å². The minimum absolute atomic E-state index is 0.295. The number of benzene rings is 2. The molecule has 0 atom stereocenters. The van der Waals surface area contributed by atoms with Gasteiger partial charge in [-0.2, -0.15) is 0 Å². The Morgan fingerprint density at radius 1 is 1.30 bits per heavy atom. The van der Waals surface area contributed by atoms with Crippen molar-refractivity contribution in [1.29, 1.82) is 0 Å². The number of nitrogen functional groups attached to an aromatic ring is 1. The number of hydrogen-bond acceptors (Lipinski definition) is 3. The van der Waals surface area contributed by atoms with Crippen LogP contribution in [0.3, 0.4) is 0 Å². The number of methoxy groups -OCH3 is 1. The van der Waals surface area contributed by atoms with Crippen LogP contribution >= 0.6 is 27.5 Å². The zero-order valence-corrected chi connectivity index (χ0v) is 13.0. The van der Waals surface area contributed by atoms with E-state index in [2.05, 4.69) is 21.2 Å². The summed E-state index contributed by atoms with van der Waals surface area (Å²) in [6.45, 7) is 0. The van der Waals surface area contributed by atoms with E-state index >= 15 is 0 Å². The Hall–Kier alpha value is -1.72. The normalized spacial score (nSPS) is 10.2. The van der Waals surface area contributed by atoms with Gasteiger partial charge in [-0.1, -0.05) is 11.6 Å². The number of amides is 1. The van der Waals surface area contributed by atoms with Crippen molar-refractivity contribution in [2.45, 2.75) is 0 Å². The highest BCUT2D eigenvalue weighted by Gasteiger charge is 2.11. The fraction of sp³-hybridized carbons (Fsp3) is 0.0714. The first-order valence-electron chi connectivity index (χ1n) is 5.71. The molecular weight excluding hydrogens is 344 g/mol. The zero-order valence-electron chi connectivity index (χ0n) is 10.6. The van der Waals surface area contributed by atoms with Crippen LogP contribution < -0.4 is 15.8 Å². The minimum Gasteiger partial charge on any atom is -0.496 e. The predicted molar refractivity (Wildman–Crippen MR) is 84.5 cm³/mol. The standard InChI is InChI=1S/C14H12BrClN2O2/c1-20-13-5-3-9(7-11(13)15)18-14(19)10-4-2-8(16)6-12(10)17/h2-7H,17H2,1H3,(H,18,19). The molecule has 0 aromatic heterocycles. The third-order valence-electron chi connectivity index (χ3n) is 2.67. The van der Waals surface area contributed by atoms with Gasteiger partial charge >= 0.3 is 0 Å². The summed E-state index contributed by atoms with van der Waals surface area (Å²) in [6, 6.07) is 10.0. The molecule has 0 radical (unpaired) electrons. The topological polar surface area (TPSA) is 64.3 Å². The molecule has 0 fully saturated rings. The second-order valence-electron chi connectivity index (χ2n) is 4.04. The molecule has 20 heavy (non-hydrogen) atoms. The highest BCUT2D eigenvalue weighted by atomic mass is 79.9. The second-order valence-corrected chi connectivity index (χ2v) is 5.33. The van der Waals surface area contributed by atoms with E-state index in [0.29, 0.717) is 27.7 Å². The SMILES string of the molecule is COc1ccc(NC(=O)c2ccc(Cl)cc2N)cc1Br. The van der Waals surface area contributed by atoms with Gasteiger partial charge < -0.3 is 15.8 Å². The molecule has 2 aromatic carbocycles. The van der Waals surface area contributed by atoms with Gasteiger partial charge in [0.1, 0.15) is 5.75 Å². The minimum atomic E-state index is -0.295. The summed E-state index contributed by atoms with van der Waals surface area (Å²) in [5.74, 6) is 0.394. The van der Waals surface area contributed by atoms with Crippen LogP contribution in [0.1, 0.15) is 10.4 Å². The molecule has 0 unspecified atom stereocenters. The van der Waals surface area contributed by atoms with Gasteiger partial charge in [-0.25, -0.2) is 0 Å². The summed E-state index contributed by atoms with van der Waals surface area (Å²) >= 11 is 9.16. The van der Waals surface area contributed by atoms with Gasteiger partial charge in [-0.15, -0.1) is 0 Å². The molecule has 4 nitrogen and oxygen atoms in total. The number of nitrogens with one attached hydrogen (secondary N) is 1.